The van der Waals surface area contributed by atoms with Crippen LogP contribution in [-0.4, -0.2) is 23.9 Å². The molecule has 0 radical (unpaired) electrons. The predicted octanol–water partition coefficient (Wildman–Crippen LogP) is 3.70. The Morgan fingerprint density at radius 2 is 1.81 bits per heavy atom. The van der Waals surface area contributed by atoms with E-state index in [1.165, 1.54) is 11.6 Å². The Morgan fingerprint density at radius 1 is 1.08 bits per heavy atom. The van der Waals surface area contributed by atoms with Gasteiger partial charge in [0.15, 0.2) is 0 Å². The SMILES string of the molecule is NCc1ccc(CCC(=O)N2CCC(Cc3ccccc3)CC2)cc1F. The number of rotatable bonds is 6. The van der Waals surface area contributed by atoms with Crippen molar-refractivity contribution in [1.29, 1.82) is 0 Å². The summed E-state index contributed by atoms with van der Waals surface area (Å²) < 4.78 is 13.8. The first-order valence-corrected chi connectivity index (χ1v) is 9.45. The van der Waals surface area contributed by atoms with Gasteiger partial charge in [-0.05, 0) is 48.8 Å². The molecule has 0 spiro atoms. The number of nitrogens with two attached hydrogens (primary N) is 1. The molecule has 4 heteroatoms. The second-order valence-electron chi connectivity index (χ2n) is 7.14. The van der Waals surface area contributed by atoms with E-state index < -0.39 is 0 Å². The van der Waals surface area contributed by atoms with Gasteiger partial charge in [0.1, 0.15) is 5.82 Å². The van der Waals surface area contributed by atoms with Gasteiger partial charge in [0.05, 0.1) is 0 Å². The van der Waals surface area contributed by atoms with Gasteiger partial charge in [-0.1, -0.05) is 42.5 Å². The zero-order valence-electron chi connectivity index (χ0n) is 15.2. The molecule has 1 heterocycles. The van der Waals surface area contributed by atoms with Crippen molar-refractivity contribution in [3.8, 4) is 0 Å². The van der Waals surface area contributed by atoms with Gasteiger partial charge in [0, 0.05) is 31.6 Å². The highest BCUT2D eigenvalue weighted by atomic mass is 19.1. The molecule has 3 nitrogen and oxygen atoms in total. The van der Waals surface area contributed by atoms with Crippen molar-refractivity contribution < 1.29 is 9.18 Å². The van der Waals surface area contributed by atoms with Gasteiger partial charge in [-0.3, -0.25) is 4.79 Å². The van der Waals surface area contributed by atoms with Crippen LogP contribution in [-0.2, 0) is 24.2 Å². The number of piperidine rings is 1. The van der Waals surface area contributed by atoms with Crippen molar-refractivity contribution in [1.82, 2.24) is 4.90 Å². The minimum absolute atomic E-state index is 0.173. The molecule has 0 saturated carbocycles. The number of aryl methyl sites for hydroxylation is 1. The van der Waals surface area contributed by atoms with E-state index >= 15 is 0 Å². The summed E-state index contributed by atoms with van der Waals surface area (Å²) in [6.07, 6.45) is 4.21. The molecular weight excluding hydrogens is 327 g/mol. The van der Waals surface area contributed by atoms with Crippen molar-refractivity contribution in [3.63, 3.8) is 0 Å². The van der Waals surface area contributed by atoms with Gasteiger partial charge in [0.25, 0.3) is 0 Å². The molecule has 1 fully saturated rings. The van der Waals surface area contributed by atoms with E-state index in [-0.39, 0.29) is 18.3 Å². The fourth-order valence-corrected chi connectivity index (χ4v) is 3.66. The van der Waals surface area contributed by atoms with Crippen LogP contribution in [0.2, 0.25) is 0 Å². The number of hydrogen-bond donors (Lipinski definition) is 1. The molecule has 0 aliphatic carbocycles. The summed E-state index contributed by atoms with van der Waals surface area (Å²) in [4.78, 5) is 14.4. The lowest BCUT2D eigenvalue weighted by atomic mass is 9.90. The zero-order valence-corrected chi connectivity index (χ0v) is 15.2. The first-order chi connectivity index (χ1) is 12.7. The van der Waals surface area contributed by atoms with Gasteiger partial charge >= 0.3 is 0 Å². The van der Waals surface area contributed by atoms with E-state index in [2.05, 4.69) is 24.3 Å². The lowest BCUT2D eigenvalue weighted by Crippen LogP contribution is -2.39. The quantitative estimate of drug-likeness (QED) is 0.860. The Morgan fingerprint density at radius 3 is 2.46 bits per heavy atom. The highest BCUT2D eigenvalue weighted by Crippen LogP contribution is 2.22. The first-order valence-electron chi connectivity index (χ1n) is 9.45. The molecule has 1 saturated heterocycles. The average molecular weight is 354 g/mol. The zero-order chi connectivity index (χ0) is 18.4. The van der Waals surface area contributed by atoms with Crippen LogP contribution in [0.3, 0.4) is 0 Å². The maximum atomic E-state index is 13.8. The normalized spacial score (nSPS) is 15.2. The lowest BCUT2D eigenvalue weighted by molar-refractivity contribution is -0.132. The summed E-state index contributed by atoms with van der Waals surface area (Å²) in [5, 5.41) is 0. The molecule has 26 heavy (non-hydrogen) atoms. The third-order valence-electron chi connectivity index (χ3n) is 5.30. The Labute approximate surface area is 155 Å². The van der Waals surface area contributed by atoms with E-state index in [1.807, 2.05) is 17.0 Å². The molecule has 0 bridgehead atoms. The van der Waals surface area contributed by atoms with E-state index in [9.17, 15) is 9.18 Å². The fraction of sp³-hybridized carbons (Fsp3) is 0.409. The predicted molar refractivity (Wildman–Crippen MR) is 102 cm³/mol. The summed E-state index contributed by atoms with van der Waals surface area (Å²) in [5.41, 5.74) is 8.22. The number of carbonyl (C=O) groups excluding carboxylic acids is 1. The topological polar surface area (TPSA) is 46.3 Å². The molecule has 1 aliphatic heterocycles. The van der Waals surface area contributed by atoms with Crippen LogP contribution in [0.15, 0.2) is 48.5 Å². The van der Waals surface area contributed by atoms with E-state index in [1.54, 1.807) is 6.07 Å². The van der Waals surface area contributed by atoms with Crippen LogP contribution < -0.4 is 5.73 Å². The summed E-state index contributed by atoms with van der Waals surface area (Å²) in [6.45, 7) is 1.86. The van der Waals surface area contributed by atoms with Crippen LogP contribution >= 0.6 is 0 Å². The Bertz CT molecular complexity index is 724. The third kappa shape index (κ3) is 4.92. The largest absolute Gasteiger partial charge is 0.343 e. The Hall–Kier alpha value is -2.20. The maximum Gasteiger partial charge on any atom is 0.222 e. The van der Waals surface area contributed by atoms with Crippen LogP contribution in [0.25, 0.3) is 0 Å². The number of benzene rings is 2. The average Bonchev–Trinajstić information content (AvgIpc) is 2.67. The van der Waals surface area contributed by atoms with Gasteiger partial charge in [-0.15, -0.1) is 0 Å². The summed E-state index contributed by atoms with van der Waals surface area (Å²) in [6, 6.07) is 15.6. The maximum absolute atomic E-state index is 13.8. The van der Waals surface area contributed by atoms with Crippen molar-refractivity contribution in [3.05, 3.63) is 71.0 Å². The monoisotopic (exact) mass is 354 g/mol. The molecule has 3 rings (SSSR count). The fourth-order valence-electron chi connectivity index (χ4n) is 3.66. The highest BCUT2D eigenvalue weighted by molar-refractivity contribution is 5.76. The summed E-state index contributed by atoms with van der Waals surface area (Å²) >= 11 is 0. The van der Waals surface area contributed by atoms with Crippen molar-refractivity contribution in [2.24, 2.45) is 11.7 Å². The first kappa shape index (κ1) is 18.6. The molecule has 0 aromatic heterocycles. The third-order valence-corrected chi connectivity index (χ3v) is 5.30. The van der Waals surface area contributed by atoms with Gasteiger partial charge in [-0.25, -0.2) is 4.39 Å². The molecule has 2 N–H and O–H groups in total. The van der Waals surface area contributed by atoms with Crippen molar-refractivity contribution in [2.75, 3.05) is 13.1 Å². The van der Waals surface area contributed by atoms with Crippen molar-refractivity contribution >= 4 is 5.91 Å². The number of hydrogen-bond acceptors (Lipinski definition) is 2. The molecular formula is C22H27FN2O. The lowest BCUT2D eigenvalue weighted by Gasteiger charge is -2.32. The number of amides is 1. The summed E-state index contributed by atoms with van der Waals surface area (Å²) in [7, 11) is 0. The molecule has 1 aliphatic rings. The van der Waals surface area contributed by atoms with E-state index in [4.69, 9.17) is 5.73 Å². The number of carbonyl (C=O) groups is 1. The van der Waals surface area contributed by atoms with Gasteiger partial charge < -0.3 is 10.6 Å². The smallest absolute Gasteiger partial charge is 0.222 e. The van der Waals surface area contributed by atoms with Crippen LogP contribution in [0.5, 0.6) is 0 Å². The number of halogens is 1. The highest BCUT2D eigenvalue weighted by Gasteiger charge is 2.22. The molecule has 0 atom stereocenters. The summed E-state index contributed by atoms with van der Waals surface area (Å²) in [5.74, 6) is 0.546. The van der Waals surface area contributed by atoms with Crippen LogP contribution in [0, 0.1) is 11.7 Å². The van der Waals surface area contributed by atoms with E-state index in [0.717, 1.165) is 37.9 Å². The minimum Gasteiger partial charge on any atom is -0.343 e. The van der Waals surface area contributed by atoms with Gasteiger partial charge in [-0.2, -0.15) is 0 Å². The van der Waals surface area contributed by atoms with Crippen molar-refractivity contribution in [2.45, 2.75) is 38.6 Å². The second kappa shape index (κ2) is 8.95. The number of nitrogens with zero attached hydrogens (tertiary/aromatic N) is 1. The van der Waals surface area contributed by atoms with Crippen LogP contribution in [0.1, 0.15) is 36.0 Å². The molecule has 2 aromatic carbocycles. The standard InChI is InChI=1S/C22H27FN2O/c23-21-15-18(6-8-20(21)16-24)7-9-22(26)25-12-10-19(11-13-25)14-17-4-2-1-3-5-17/h1-6,8,15,19H,7,9-14,16,24H2. The van der Waals surface area contributed by atoms with Gasteiger partial charge in [0.2, 0.25) is 5.91 Å². The second-order valence-corrected chi connectivity index (χ2v) is 7.14. The molecule has 1 amide bonds. The molecule has 138 valence electrons. The Balaban J connectivity index is 1.44. The molecule has 0 unspecified atom stereocenters. The molecule has 2 aromatic rings. The minimum atomic E-state index is -0.279. The Kier molecular flexibility index (Phi) is 6.40. The van der Waals surface area contributed by atoms with E-state index in [0.29, 0.717) is 24.3 Å². The van der Waals surface area contributed by atoms with Crippen LogP contribution in [0.4, 0.5) is 4.39 Å². The number of likely N-dealkylation sites (tertiary alicyclic amines) is 1.